The zero-order chi connectivity index (χ0) is 17.8. The van der Waals surface area contributed by atoms with Crippen LogP contribution in [0.15, 0.2) is 47.4 Å². The molecule has 25 heavy (non-hydrogen) atoms. The van der Waals surface area contributed by atoms with Crippen molar-refractivity contribution in [1.82, 2.24) is 24.1 Å². The lowest BCUT2D eigenvalue weighted by atomic mass is 10.3. The second kappa shape index (κ2) is 7.16. The summed E-state index contributed by atoms with van der Waals surface area (Å²) in [5, 5.41) is 7.33. The van der Waals surface area contributed by atoms with Crippen LogP contribution >= 0.6 is 0 Å². The molecule has 0 saturated heterocycles. The quantitative estimate of drug-likeness (QED) is 0.735. The molecule has 1 amide bonds. The number of benzene rings is 1. The maximum Gasteiger partial charge on any atom is 0.352 e. The largest absolute Gasteiger partial charge is 0.352 e. The van der Waals surface area contributed by atoms with Crippen LogP contribution in [-0.2, 0) is 11.3 Å². The zero-order valence-electron chi connectivity index (χ0n) is 14.2. The first-order valence-corrected chi connectivity index (χ1v) is 8.18. The number of fused-ring (bicyclic) bond motifs is 1. The number of hydrogen-bond acceptors (Lipinski definition) is 5. The van der Waals surface area contributed by atoms with Crippen LogP contribution in [0.1, 0.15) is 13.8 Å². The highest BCUT2D eigenvalue weighted by molar-refractivity contribution is 5.75. The van der Waals surface area contributed by atoms with Gasteiger partial charge in [-0.1, -0.05) is 18.2 Å². The molecule has 0 saturated carbocycles. The van der Waals surface area contributed by atoms with Gasteiger partial charge in [0.15, 0.2) is 0 Å². The fourth-order valence-corrected chi connectivity index (χ4v) is 2.55. The van der Waals surface area contributed by atoms with Crippen molar-refractivity contribution in [3.8, 4) is 0 Å². The summed E-state index contributed by atoms with van der Waals surface area (Å²) in [6.45, 7) is 4.90. The molecule has 0 radical (unpaired) electrons. The Morgan fingerprint density at radius 3 is 2.56 bits per heavy atom. The molecule has 0 unspecified atom stereocenters. The molecule has 8 nitrogen and oxygen atoms in total. The van der Waals surface area contributed by atoms with Gasteiger partial charge < -0.3 is 10.2 Å². The molecule has 0 bridgehead atoms. The fourth-order valence-electron chi connectivity index (χ4n) is 2.55. The van der Waals surface area contributed by atoms with Gasteiger partial charge in [0, 0.05) is 25.0 Å². The van der Waals surface area contributed by atoms with Crippen molar-refractivity contribution >= 4 is 23.2 Å². The standard InChI is InChI=1S/C17H20N6O2/c1-3-21(4-2)15(24)12-23-17(25)22-11-10-14(19-16(22)20-23)18-13-8-6-5-7-9-13/h5-11H,3-4,12H2,1-2H3,(H,18,19,20). The minimum atomic E-state index is -0.380. The fraction of sp³-hybridized carbons (Fsp3) is 0.294. The van der Waals surface area contributed by atoms with Crippen LogP contribution in [0.4, 0.5) is 11.5 Å². The van der Waals surface area contributed by atoms with E-state index in [0.29, 0.717) is 18.9 Å². The molecule has 0 aliphatic heterocycles. The lowest BCUT2D eigenvalue weighted by molar-refractivity contribution is -0.131. The van der Waals surface area contributed by atoms with Gasteiger partial charge in [-0.3, -0.25) is 4.79 Å². The summed E-state index contributed by atoms with van der Waals surface area (Å²) in [6.07, 6.45) is 1.60. The SMILES string of the molecule is CCN(CC)C(=O)Cn1nc2nc(Nc3ccccc3)ccn2c1=O. The van der Waals surface area contributed by atoms with E-state index in [-0.39, 0.29) is 23.9 Å². The van der Waals surface area contributed by atoms with E-state index in [0.717, 1.165) is 10.4 Å². The van der Waals surface area contributed by atoms with Gasteiger partial charge in [0.25, 0.3) is 5.78 Å². The van der Waals surface area contributed by atoms with Crippen molar-refractivity contribution in [2.45, 2.75) is 20.4 Å². The molecule has 130 valence electrons. The van der Waals surface area contributed by atoms with Crippen molar-refractivity contribution in [2.24, 2.45) is 0 Å². The zero-order valence-corrected chi connectivity index (χ0v) is 14.2. The van der Waals surface area contributed by atoms with Crippen LogP contribution in [0.3, 0.4) is 0 Å². The molecule has 1 aromatic carbocycles. The van der Waals surface area contributed by atoms with E-state index in [1.54, 1.807) is 17.2 Å². The average molecular weight is 340 g/mol. The van der Waals surface area contributed by atoms with Crippen LogP contribution in [0.5, 0.6) is 0 Å². The number of hydrogen-bond donors (Lipinski definition) is 1. The topological polar surface area (TPSA) is 84.5 Å². The lowest BCUT2D eigenvalue weighted by Gasteiger charge is -2.17. The molecule has 1 N–H and O–H groups in total. The molecular formula is C17H20N6O2. The Labute approximate surface area is 144 Å². The smallest absolute Gasteiger partial charge is 0.342 e. The minimum Gasteiger partial charge on any atom is -0.342 e. The minimum absolute atomic E-state index is 0.0919. The van der Waals surface area contributed by atoms with E-state index >= 15 is 0 Å². The van der Waals surface area contributed by atoms with Gasteiger partial charge in [-0.25, -0.2) is 13.9 Å². The van der Waals surface area contributed by atoms with Gasteiger partial charge in [-0.2, -0.15) is 4.98 Å². The van der Waals surface area contributed by atoms with E-state index in [1.807, 2.05) is 44.2 Å². The molecule has 0 aliphatic rings. The highest BCUT2D eigenvalue weighted by atomic mass is 16.2. The van der Waals surface area contributed by atoms with Gasteiger partial charge in [-0.05, 0) is 32.0 Å². The predicted molar refractivity (Wildman–Crippen MR) is 94.9 cm³/mol. The number of para-hydroxylation sites is 1. The number of anilines is 2. The molecule has 8 heteroatoms. The summed E-state index contributed by atoms with van der Waals surface area (Å²) in [6, 6.07) is 11.3. The molecular weight excluding hydrogens is 320 g/mol. The summed E-state index contributed by atoms with van der Waals surface area (Å²) in [4.78, 5) is 30.6. The van der Waals surface area contributed by atoms with Crippen molar-refractivity contribution < 1.29 is 4.79 Å². The molecule has 3 rings (SSSR count). The van der Waals surface area contributed by atoms with Gasteiger partial charge >= 0.3 is 5.69 Å². The van der Waals surface area contributed by atoms with Crippen LogP contribution in [0, 0.1) is 0 Å². The van der Waals surface area contributed by atoms with Gasteiger partial charge in [-0.15, -0.1) is 5.10 Å². The summed E-state index contributed by atoms with van der Waals surface area (Å²) >= 11 is 0. The first-order chi connectivity index (χ1) is 12.1. The third-order valence-electron chi connectivity index (χ3n) is 3.90. The third-order valence-corrected chi connectivity index (χ3v) is 3.90. The van der Waals surface area contributed by atoms with Crippen molar-refractivity contribution in [3.63, 3.8) is 0 Å². The van der Waals surface area contributed by atoms with Gasteiger partial charge in [0.05, 0.1) is 0 Å². The number of likely N-dealkylation sites (N-methyl/N-ethyl adjacent to an activating group) is 1. The van der Waals surface area contributed by atoms with Crippen LogP contribution in [-0.4, -0.2) is 43.1 Å². The number of nitrogens with one attached hydrogen (secondary N) is 1. The summed E-state index contributed by atoms with van der Waals surface area (Å²) in [5.74, 6) is 0.683. The molecule has 0 aliphatic carbocycles. The summed E-state index contributed by atoms with van der Waals surface area (Å²) in [7, 11) is 0. The monoisotopic (exact) mass is 340 g/mol. The number of amides is 1. The van der Waals surface area contributed by atoms with Gasteiger partial charge in [0.2, 0.25) is 5.91 Å². The van der Waals surface area contributed by atoms with Gasteiger partial charge in [0.1, 0.15) is 12.4 Å². The number of rotatable bonds is 6. The molecule has 0 spiro atoms. The normalized spacial score (nSPS) is 10.8. The first kappa shape index (κ1) is 16.7. The van der Waals surface area contributed by atoms with Crippen molar-refractivity contribution in [3.05, 3.63) is 53.1 Å². The third kappa shape index (κ3) is 3.52. The molecule has 0 fully saturated rings. The Bertz CT molecular complexity index is 927. The van der Waals surface area contributed by atoms with Crippen molar-refractivity contribution in [2.75, 3.05) is 18.4 Å². The summed E-state index contributed by atoms with van der Waals surface area (Å²) in [5.41, 5.74) is 0.507. The lowest BCUT2D eigenvalue weighted by Crippen LogP contribution is -2.36. The Morgan fingerprint density at radius 1 is 1.16 bits per heavy atom. The second-order valence-electron chi connectivity index (χ2n) is 5.48. The van der Waals surface area contributed by atoms with Crippen LogP contribution in [0.25, 0.3) is 5.78 Å². The highest BCUT2D eigenvalue weighted by Gasteiger charge is 2.15. The van der Waals surface area contributed by atoms with E-state index in [4.69, 9.17) is 0 Å². The maximum absolute atomic E-state index is 12.4. The number of carbonyl (C=O) groups excluding carboxylic acids is 1. The van der Waals surface area contributed by atoms with E-state index in [1.165, 1.54) is 4.40 Å². The van der Waals surface area contributed by atoms with Crippen molar-refractivity contribution in [1.29, 1.82) is 0 Å². The number of carbonyl (C=O) groups is 1. The maximum atomic E-state index is 12.4. The van der Waals surface area contributed by atoms with Crippen LogP contribution in [0.2, 0.25) is 0 Å². The Balaban J connectivity index is 1.86. The highest BCUT2D eigenvalue weighted by Crippen LogP contribution is 2.13. The number of aromatic nitrogens is 4. The van der Waals surface area contributed by atoms with E-state index in [2.05, 4.69) is 15.4 Å². The van der Waals surface area contributed by atoms with E-state index < -0.39 is 0 Å². The molecule has 3 aromatic rings. The Hall–Kier alpha value is -3.16. The Morgan fingerprint density at radius 2 is 1.88 bits per heavy atom. The second-order valence-corrected chi connectivity index (χ2v) is 5.48. The Kier molecular flexibility index (Phi) is 4.78. The van der Waals surface area contributed by atoms with E-state index in [9.17, 15) is 9.59 Å². The molecule has 2 aromatic heterocycles. The molecule has 2 heterocycles. The average Bonchev–Trinajstić information content (AvgIpc) is 2.92. The number of nitrogens with zero attached hydrogens (tertiary/aromatic N) is 5. The predicted octanol–water partition coefficient (Wildman–Crippen LogP) is 1.50. The molecule has 0 atom stereocenters. The first-order valence-electron chi connectivity index (χ1n) is 8.18. The summed E-state index contributed by atoms with van der Waals surface area (Å²) < 4.78 is 2.47. The van der Waals surface area contributed by atoms with Crippen LogP contribution < -0.4 is 11.0 Å².